The van der Waals surface area contributed by atoms with Crippen LogP contribution in [0, 0.1) is 6.92 Å². The number of nitrogens with zero attached hydrogens (tertiary/aromatic N) is 3. The molecule has 0 saturated heterocycles. The second-order valence-electron chi connectivity index (χ2n) is 4.02. The number of benzene rings is 1. The zero-order valence-electron chi connectivity index (χ0n) is 11.3. The number of esters is 1. The number of aryl methyl sites for hydroxylation is 1. The molecule has 21 heavy (non-hydrogen) atoms. The molecule has 9 heteroatoms. The Kier molecular flexibility index (Phi) is 4.13. The molecule has 0 amide bonds. The van der Waals surface area contributed by atoms with Crippen molar-refractivity contribution in [2.75, 3.05) is 11.8 Å². The number of hydrogen-bond acceptors (Lipinski definition) is 7. The summed E-state index contributed by atoms with van der Waals surface area (Å²) in [6.45, 7) is 1.66. The molecule has 1 N–H and O–H groups in total. The second-order valence-corrected chi connectivity index (χ2v) is 5.59. The predicted octanol–water partition coefficient (Wildman–Crippen LogP) is 0.767. The van der Waals surface area contributed by atoms with Crippen molar-refractivity contribution in [3.05, 3.63) is 42.0 Å². The van der Waals surface area contributed by atoms with E-state index in [4.69, 9.17) is 0 Å². The van der Waals surface area contributed by atoms with Crippen LogP contribution in [0.4, 0.5) is 5.69 Å². The fraction of sp³-hybridized carbons (Fsp3) is 0.167. The highest BCUT2D eigenvalue weighted by atomic mass is 32.2. The number of carbonyl (C=O) groups is 1. The molecule has 2 aromatic rings. The van der Waals surface area contributed by atoms with Crippen molar-refractivity contribution in [1.29, 1.82) is 0 Å². The average molecular weight is 308 g/mol. The number of rotatable bonds is 4. The zero-order valence-corrected chi connectivity index (χ0v) is 12.1. The van der Waals surface area contributed by atoms with Crippen LogP contribution in [0.5, 0.6) is 0 Å². The maximum absolute atomic E-state index is 12.2. The highest BCUT2D eigenvalue weighted by Crippen LogP contribution is 2.23. The Bertz CT molecular complexity index is 762. The number of anilines is 1. The molecular formula is C12H12N4O4S. The second kappa shape index (κ2) is 5.83. The normalized spacial score (nSPS) is 11.0. The van der Waals surface area contributed by atoms with E-state index in [0.29, 0.717) is 5.56 Å². The minimum atomic E-state index is -4.02. The van der Waals surface area contributed by atoms with Crippen LogP contribution in [-0.2, 0) is 14.8 Å². The molecule has 0 atom stereocenters. The Balaban J connectivity index is 2.47. The Morgan fingerprint density at radius 1 is 1.24 bits per heavy atom. The van der Waals surface area contributed by atoms with Gasteiger partial charge in [0.15, 0.2) is 0 Å². The first-order valence-electron chi connectivity index (χ1n) is 5.78. The minimum absolute atomic E-state index is 0.107. The first-order valence-corrected chi connectivity index (χ1v) is 7.27. The maximum Gasteiger partial charge on any atom is 0.340 e. The minimum Gasteiger partial charge on any atom is -0.465 e. The van der Waals surface area contributed by atoms with Crippen molar-refractivity contribution in [2.45, 2.75) is 12.1 Å². The van der Waals surface area contributed by atoms with E-state index in [0.717, 1.165) is 12.7 Å². The van der Waals surface area contributed by atoms with Gasteiger partial charge >= 0.3 is 5.97 Å². The summed E-state index contributed by atoms with van der Waals surface area (Å²) in [5.41, 5.74) is 0.801. The summed E-state index contributed by atoms with van der Waals surface area (Å²) in [7, 11) is -2.80. The van der Waals surface area contributed by atoms with Crippen molar-refractivity contribution in [3.63, 3.8) is 0 Å². The van der Waals surface area contributed by atoms with Gasteiger partial charge in [0.25, 0.3) is 15.2 Å². The fourth-order valence-electron chi connectivity index (χ4n) is 1.63. The highest BCUT2D eigenvalue weighted by molar-refractivity contribution is 7.92. The number of methoxy groups -OCH3 is 1. The molecule has 0 aliphatic rings. The summed E-state index contributed by atoms with van der Waals surface area (Å²) in [6, 6.07) is 4.75. The van der Waals surface area contributed by atoms with E-state index in [1.54, 1.807) is 19.1 Å². The summed E-state index contributed by atoms with van der Waals surface area (Å²) in [6.07, 6.45) is 2.14. The molecule has 1 aromatic heterocycles. The summed E-state index contributed by atoms with van der Waals surface area (Å²) < 4.78 is 31.3. The fourth-order valence-corrected chi connectivity index (χ4v) is 2.63. The Morgan fingerprint density at radius 2 is 1.90 bits per heavy atom. The summed E-state index contributed by atoms with van der Waals surface area (Å²) in [4.78, 5) is 22.4. The molecule has 110 valence electrons. The first-order chi connectivity index (χ1) is 9.95. The SMILES string of the molecule is COC(=O)c1cccc(C)c1NS(=O)(=O)c1ncncn1. The van der Waals surface area contributed by atoms with Crippen molar-refractivity contribution < 1.29 is 17.9 Å². The number of para-hydroxylation sites is 1. The van der Waals surface area contributed by atoms with Gasteiger partial charge in [0, 0.05) is 0 Å². The maximum atomic E-state index is 12.2. The van der Waals surface area contributed by atoms with Crippen LogP contribution in [-0.4, -0.2) is 36.4 Å². The Labute approximate surface area is 121 Å². The lowest BCUT2D eigenvalue weighted by Crippen LogP contribution is -2.19. The van der Waals surface area contributed by atoms with Gasteiger partial charge in [-0.2, -0.15) is 8.42 Å². The van der Waals surface area contributed by atoms with Crippen LogP contribution in [0.25, 0.3) is 0 Å². The van der Waals surface area contributed by atoms with Gasteiger partial charge < -0.3 is 4.74 Å². The first kappa shape index (κ1) is 14.9. The van der Waals surface area contributed by atoms with Crippen molar-refractivity contribution >= 4 is 21.7 Å². The van der Waals surface area contributed by atoms with Gasteiger partial charge in [-0.25, -0.2) is 19.7 Å². The van der Waals surface area contributed by atoms with E-state index >= 15 is 0 Å². The van der Waals surface area contributed by atoms with Crippen molar-refractivity contribution in [3.8, 4) is 0 Å². The lowest BCUT2D eigenvalue weighted by molar-refractivity contribution is 0.0602. The van der Waals surface area contributed by atoms with Gasteiger partial charge in [-0.15, -0.1) is 0 Å². The summed E-state index contributed by atoms with van der Waals surface area (Å²) in [5, 5.41) is -0.434. The molecule has 0 saturated carbocycles. The van der Waals surface area contributed by atoms with Gasteiger partial charge in [0.05, 0.1) is 18.4 Å². The molecule has 0 bridgehead atoms. The number of aromatic nitrogens is 3. The van der Waals surface area contributed by atoms with Crippen LogP contribution in [0.2, 0.25) is 0 Å². The molecule has 0 spiro atoms. The van der Waals surface area contributed by atoms with E-state index in [2.05, 4.69) is 24.4 Å². The summed E-state index contributed by atoms with van der Waals surface area (Å²) in [5.74, 6) is -0.646. The van der Waals surface area contributed by atoms with Gasteiger partial charge in [-0.05, 0) is 18.6 Å². The molecule has 8 nitrogen and oxygen atoms in total. The third-order valence-corrected chi connectivity index (χ3v) is 3.79. The molecule has 0 radical (unpaired) electrons. The van der Waals surface area contributed by atoms with Crippen LogP contribution in [0.1, 0.15) is 15.9 Å². The molecule has 0 unspecified atom stereocenters. The molecule has 2 rings (SSSR count). The van der Waals surface area contributed by atoms with Gasteiger partial charge in [0.1, 0.15) is 12.7 Å². The van der Waals surface area contributed by atoms with E-state index in [1.165, 1.54) is 13.2 Å². The van der Waals surface area contributed by atoms with Crippen molar-refractivity contribution in [1.82, 2.24) is 15.0 Å². The van der Waals surface area contributed by atoms with E-state index in [1.807, 2.05) is 0 Å². The third kappa shape index (κ3) is 3.14. The average Bonchev–Trinajstić information content (AvgIpc) is 2.49. The lowest BCUT2D eigenvalue weighted by atomic mass is 10.1. The molecule has 0 fully saturated rings. The van der Waals surface area contributed by atoms with Crippen LogP contribution in [0.3, 0.4) is 0 Å². The monoisotopic (exact) mass is 308 g/mol. The largest absolute Gasteiger partial charge is 0.465 e. The zero-order chi connectivity index (χ0) is 15.5. The predicted molar refractivity (Wildman–Crippen MR) is 73.2 cm³/mol. The van der Waals surface area contributed by atoms with Gasteiger partial charge in [0.2, 0.25) is 0 Å². The van der Waals surface area contributed by atoms with E-state index in [-0.39, 0.29) is 11.3 Å². The number of carbonyl (C=O) groups excluding carboxylic acids is 1. The quantitative estimate of drug-likeness (QED) is 0.830. The standard InChI is InChI=1S/C12H12N4O4S/c1-8-4-3-5-9(11(17)20-2)10(8)16-21(18,19)12-14-6-13-7-15-12/h3-7,16H,1-2H3. The Hall–Kier alpha value is -2.55. The smallest absolute Gasteiger partial charge is 0.340 e. The van der Waals surface area contributed by atoms with E-state index < -0.39 is 21.1 Å². The molecule has 1 heterocycles. The number of nitrogens with one attached hydrogen (secondary N) is 1. The number of ether oxygens (including phenoxy) is 1. The van der Waals surface area contributed by atoms with Gasteiger partial charge in [-0.1, -0.05) is 12.1 Å². The highest BCUT2D eigenvalue weighted by Gasteiger charge is 2.22. The van der Waals surface area contributed by atoms with Crippen LogP contribution < -0.4 is 4.72 Å². The lowest BCUT2D eigenvalue weighted by Gasteiger charge is -2.12. The molecule has 0 aliphatic heterocycles. The topological polar surface area (TPSA) is 111 Å². The van der Waals surface area contributed by atoms with E-state index in [9.17, 15) is 13.2 Å². The summed E-state index contributed by atoms with van der Waals surface area (Å²) >= 11 is 0. The van der Waals surface area contributed by atoms with Gasteiger partial charge in [-0.3, -0.25) is 4.72 Å². The van der Waals surface area contributed by atoms with Crippen LogP contribution in [0.15, 0.2) is 36.0 Å². The van der Waals surface area contributed by atoms with Crippen molar-refractivity contribution in [2.24, 2.45) is 0 Å². The van der Waals surface area contributed by atoms with Crippen LogP contribution >= 0.6 is 0 Å². The molecular weight excluding hydrogens is 296 g/mol. The third-order valence-electron chi connectivity index (χ3n) is 2.62. The molecule has 0 aliphatic carbocycles. The Morgan fingerprint density at radius 3 is 2.52 bits per heavy atom. The number of hydrogen-bond donors (Lipinski definition) is 1. The number of sulfonamides is 1. The molecule has 1 aromatic carbocycles.